The number of hydrogen-bond acceptors (Lipinski definition) is 7. The molecule has 0 radical (unpaired) electrons. The van der Waals surface area contributed by atoms with Gasteiger partial charge in [-0.3, -0.25) is 4.79 Å². The first kappa shape index (κ1) is 17.6. The van der Waals surface area contributed by atoms with Crippen molar-refractivity contribution in [3.63, 3.8) is 0 Å². The van der Waals surface area contributed by atoms with Gasteiger partial charge >= 0.3 is 12.3 Å². The monoisotopic (exact) mass is 368 g/mol. The zero-order valence-corrected chi connectivity index (χ0v) is 13.8. The summed E-state index contributed by atoms with van der Waals surface area (Å²) in [7, 11) is 0. The van der Waals surface area contributed by atoms with Crippen molar-refractivity contribution in [1.82, 2.24) is 5.16 Å². The zero-order chi connectivity index (χ0) is 18.9. The van der Waals surface area contributed by atoms with Gasteiger partial charge in [-0.15, -0.1) is 8.78 Å². The predicted octanol–water partition coefficient (Wildman–Crippen LogP) is 2.66. The van der Waals surface area contributed by atoms with Crippen LogP contribution in [0.4, 0.5) is 14.5 Å². The molecule has 0 spiro atoms. The maximum Gasteiger partial charge on any atom is 0.586 e. The number of carbonyl (C=O) groups excluding carboxylic acids is 2. The van der Waals surface area contributed by atoms with Crippen molar-refractivity contribution in [1.29, 1.82) is 0 Å². The highest BCUT2D eigenvalue weighted by Crippen LogP contribution is 2.42. The van der Waals surface area contributed by atoms with Crippen molar-refractivity contribution in [2.75, 3.05) is 11.9 Å². The third-order valence-corrected chi connectivity index (χ3v) is 3.49. The van der Waals surface area contributed by atoms with Gasteiger partial charge in [-0.1, -0.05) is 12.1 Å². The summed E-state index contributed by atoms with van der Waals surface area (Å²) in [6.45, 7) is 2.78. The number of aromatic nitrogens is 1. The van der Waals surface area contributed by atoms with Crippen LogP contribution in [-0.4, -0.2) is 29.9 Å². The van der Waals surface area contributed by atoms with E-state index < -0.39 is 24.8 Å². The Morgan fingerprint density at radius 2 is 2.00 bits per heavy atom. The van der Waals surface area contributed by atoms with E-state index in [9.17, 15) is 18.4 Å². The fourth-order valence-electron chi connectivity index (χ4n) is 2.35. The van der Waals surface area contributed by atoms with Crippen molar-refractivity contribution in [3.05, 3.63) is 35.2 Å². The minimum absolute atomic E-state index is 0.144. The molecule has 1 aliphatic rings. The third kappa shape index (κ3) is 3.58. The average molecular weight is 368 g/mol. The van der Waals surface area contributed by atoms with E-state index in [2.05, 4.69) is 19.9 Å². The van der Waals surface area contributed by atoms with E-state index in [1.54, 1.807) is 13.8 Å². The van der Waals surface area contributed by atoms with E-state index in [4.69, 9.17) is 9.26 Å². The number of esters is 1. The molecule has 0 aliphatic carbocycles. The number of benzene rings is 1. The summed E-state index contributed by atoms with van der Waals surface area (Å²) < 4.78 is 44.4. The lowest BCUT2D eigenvalue weighted by Crippen LogP contribution is -2.25. The van der Waals surface area contributed by atoms with Crippen LogP contribution in [0.3, 0.4) is 0 Å². The summed E-state index contributed by atoms with van der Waals surface area (Å²) in [6, 6.07) is 3.75. The second-order valence-corrected chi connectivity index (χ2v) is 5.37. The van der Waals surface area contributed by atoms with Crippen LogP contribution in [0.5, 0.6) is 11.5 Å². The molecule has 8 nitrogen and oxygen atoms in total. The Bertz CT molecular complexity index is 864. The van der Waals surface area contributed by atoms with Gasteiger partial charge in [0.1, 0.15) is 11.3 Å². The Labute approximate surface area is 146 Å². The van der Waals surface area contributed by atoms with Gasteiger partial charge in [0.2, 0.25) is 0 Å². The molecule has 0 unspecified atom stereocenters. The van der Waals surface area contributed by atoms with Gasteiger partial charge in [-0.05, 0) is 25.5 Å². The number of alkyl halides is 2. The van der Waals surface area contributed by atoms with E-state index in [0.717, 1.165) is 0 Å². The number of hydrogen-bond donors (Lipinski definition) is 1. The highest BCUT2D eigenvalue weighted by atomic mass is 19.3. The number of aryl methyl sites for hydroxylation is 2. The van der Waals surface area contributed by atoms with Gasteiger partial charge in [-0.2, -0.15) is 0 Å². The van der Waals surface area contributed by atoms with E-state index in [0.29, 0.717) is 17.9 Å². The van der Waals surface area contributed by atoms with Crippen molar-refractivity contribution in [3.8, 4) is 11.5 Å². The molecule has 0 bridgehead atoms. The SMILES string of the molecule is CCc1noc(C)c1C(=O)OCC(=O)Nc1ccc2c(c1)OC(F)(F)O2. The molecule has 1 aliphatic heterocycles. The number of nitrogens with one attached hydrogen (secondary N) is 1. The fourth-order valence-corrected chi connectivity index (χ4v) is 2.35. The number of carbonyl (C=O) groups is 2. The standard InChI is InChI=1S/C16H14F2N2O6/c1-3-10-14(8(2)26-20-10)15(22)23-7-13(21)19-9-4-5-11-12(6-9)25-16(17,18)24-11/h4-6H,3,7H2,1-2H3,(H,19,21). The van der Waals surface area contributed by atoms with Gasteiger partial charge in [0.05, 0.1) is 5.69 Å². The molecule has 2 heterocycles. The van der Waals surface area contributed by atoms with Crippen LogP contribution in [0.25, 0.3) is 0 Å². The molecular formula is C16H14F2N2O6. The predicted molar refractivity (Wildman–Crippen MR) is 82.2 cm³/mol. The molecule has 0 saturated heterocycles. The van der Waals surface area contributed by atoms with Crippen LogP contribution in [0.15, 0.2) is 22.7 Å². The van der Waals surface area contributed by atoms with Crippen LogP contribution in [0, 0.1) is 6.92 Å². The zero-order valence-electron chi connectivity index (χ0n) is 13.8. The lowest BCUT2D eigenvalue weighted by atomic mass is 10.1. The molecule has 26 heavy (non-hydrogen) atoms. The Hall–Kier alpha value is -3.17. The average Bonchev–Trinajstić information content (AvgIpc) is 3.09. The number of fused-ring (bicyclic) bond motifs is 1. The topological polar surface area (TPSA) is 99.9 Å². The highest BCUT2D eigenvalue weighted by Gasteiger charge is 2.43. The molecule has 1 amide bonds. The number of anilines is 1. The van der Waals surface area contributed by atoms with E-state index in [-0.39, 0.29) is 22.7 Å². The van der Waals surface area contributed by atoms with Gasteiger partial charge in [0, 0.05) is 11.8 Å². The maximum atomic E-state index is 13.0. The first-order valence-corrected chi connectivity index (χ1v) is 7.61. The second kappa shape index (κ2) is 6.62. The summed E-state index contributed by atoms with van der Waals surface area (Å²) in [5, 5.41) is 6.14. The minimum atomic E-state index is -3.74. The van der Waals surface area contributed by atoms with E-state index in [1.165, 1.54) is 18.2 Å². The quantitative estimate of drug-likeness (QED) is 0.810. The number of amides is 1. The molecule has 0 fully saturated rings. The van der Waals surface area contributed by atoms with Crippen LogP contribution >= 0.6 is 0 Å². The van der Waals surface area contributed by atoms with Gasteiger partial charge in [0.25, 0.3) is 5.91 Å². The molecule has 10 heteroatoms. The van der Waals surface area contributed by atoms with Crippen molar-refractivity contribution in [2.45, 2.75) is 26.6 Å². The lowest BCUT2D eigenvalue weighted by Gasteiger charge is -2.07. The number of rotatable bonds is 5. The third-order valence-electron chi connectivity index (χ3n) is 3.49. The Morgan fingerprint density at radius 1 is 1.27 bits per heavy atom. The molecule has 0 atom stereocenters. The summed E-state index contributed by atoms with van der Waals surface area (Å²) in [4.78, 5) is 24.0. The minimum Gasteiger partial charge on any atom is -0.452 e. The largest absolute Gasteiger partial charge is 0.586 e. The van der Waals surface area contributed by atoms with Gasteiger partial charge in [0.15, 0.2) is 18.1 Å². The maximum absolute atomic E-state index is 13.0. The normalized spacial score (nSPS) is 14.2. The van der Waals surface area contributed by atoms with Crippen LogP contribution in [0.1, 0.15) is 28.7 Å². The van der Waals surface area contributed by atoms with Crippen molar-refractivity contribution in [2.24, 2.45) is 0 Å². The smallest absolute Gasteiger partial charge is 0.452 e. The fraction of sp³-hybridized carbons (Fsp3) is 0.312. The Kier molecular flexibility index (Phi) is 4.49. The van der Waals surface area contributed by atoms with E-state index in [1.807, 2.05) is 0 Å². The first-order valence-electron chi connectivity index (χ1n) is 7.61. The van der Waals surface area contributed by atoms with Crippen LogP contribution in [0.2, 0.25) is 0 Å². The van der Waals surface area contributed by atoms with Gasteiger partial charge in [-0.25, -0.2) is 4.79 Å². The Morgan fingerprint density at radius 3 is 2.73 bits per heavy atom. The van der Waals surface area contributed by atoms with Crippen molar-refractivity contribution >= 4 is 17.6 Å². The number of ether oxygens (including phenoxy) is 3. The lowest BCUT2D eigenvalue weighted by molar-refractivity contribution is -0.286. The number of nitrogens with zero attached hydrogens (tertiary/aromatic N) is 1. The highest BCUT2D eigenvalue weighted by molar-refractivity contribution is 5.96. The molecule has 1 aromatic carbocycles. The molecule has 1 aromatic heterocycles. The first-order chi connectivity index (χ1) is 12.3. The van der Waals surface area contributed by atoms with Crippen LogP contribution < -0.4 is 14.8 Å². The molecule has 1 N–H and O–H groups in total. The van der Waals surface area contributed by atoms with Crippen LogP contribution in [-0.2, 0) is 16.0 Å². The summed E-state index contributed by atoms with van der Waals surface area (Å²) >= 11 is 0. The molecule has 138 valence electrons. The van der Waals surface area contributed by atoms with Crippen molar-refractivity contribution < 1.29 is 37.1 Å². The molecular weight excluding hydrogens is 354 g/mol. The van der Waals surface area contributed by atoms with E-state index >= 15 is 0 Å². The summed E-state index contributed by atoms with van der Waals surface area (Å²) in [5.41, 5.74) is 0.803. The number of halogens is 2. The molecule has 3 rings (SSSR count). The van der Waals surface area contributed by atoms with Gasteiger partial charge < -0.3 is 24.1 Å². The second-order valence-electron chi connectivity index (χ2n) is 5.37. The Balaban J connectivity index is 1.58. The molecule has 0 saturated carbocycles. The summed E-state index contributed by atoms with van der Waals surface area (Å²) in [6.07, 6.45) is -3.27. The summed E-state index contributed by atoms with van der Waals surface area (Å²) in [5.74, 6) is -1.45. The molecule has 2 aromatic rings.